The summed E-state index contributed by atoms with van der Waals surface area (Å²) in [4.78, 5) is 0. The first-order valence-electron chi connectivity index (χ1n) is 2.67. The average Bonchev–Trinajstić information content (AvgIpc) is 1.82. The maximum absolute atomic E-state index is 8.53. The van der Waals surface area contributed by atoms with Gasteiger partial charge in [0.2, 0.25) is 0 Å². The summed E-state index contributed by atoms with van der Waals surface area (Å²) in [6, 6.07) is -0.435. The first-order chi connectivity index (χ1) is 4.22. The molecule has 2 N–H and O–H groups in total. The van der Waals surface area contributed by atoms with Crippen molar-refractivity contribution in [1.29, 1.82) is 5.41 Å². The molecule has 1 atom stereocenters. The molecule has 4 heteroatoms. The van der Waals surface area contributed by atoms with Gasteiger partial charge in [-0.15, -0.1) is 0 Å². The molecule has 4 nitrogen and oxygen atoms in total. The molecule has 0 radical (unpaired) electrons. The Morgan fingerprint density at radius 1 is 1.78 bits per heavy atom. The minimum absolute atomic E-state index is 0.132. The quantitative estimate of drug-likeness (QED) is 0.422. The van der Waals surface area contributed by atoms with E-state index in [0.29, 0.717) is 5.71 Å². The third kappa shape index (κ3) is 2.92. The molecule has 0 fully saturated rings. The highest BCUT2D eigenvalue weighted by Crippen LogP contribution is 1.91. The fourth-order valence-electron chi connectivity index (χ4n) is 0.399. The van der Waals surface area contributed by atoms with Gasteiger partial charge in [0.1, 0.15) is 6.04 Å². The summed E-state index contributed by atoms with van der Waals surface area (Å²) in [6.45, 7) is 1.46. The number of aliphatic hydroxyl groups is 1. The van der Waals surface area contributed by atoms with Crippen molar-refractivity contribution in [2.45, 2.75) is 13.0 Å². The van der Waals surface area contributed by atoms with Gasteiger partial charge in [0.15, 0.2) is 0 Å². The lowest BCUT2D eigenvalue weighted by atomic mass is 10.2. The van der Waals surface area contributed by atoms with Gasteiger partial charge >= 0.3 is 0 Å². The maximum atomic E-state index is 8.53. The molecule has 0 aliphatic heterocycles. The Morgan fingerprint density at radius 3 is 2.44 bits per heavy atom. The van der Waals surface area contributed by atoms with E-state index in [1.54, 1.807) is 6.92 Å². The normalized spacial score (nSPS) is 14.1. The number of nitrogens with one attached hydrogen (secondary N) is 1. The molecule has 0 aliphatic carbocycles. The van der Waals surface area contributed by atoms with E-state index in [-0.39, 0.29) is 6.61 Å². The number of aliphatic hydroxyl groups excluding tert-OH is 1. The van der Waals surface area contributed by atoms with E-state index in [1.807, 2.05) is 0 Å². The predicted molar refractivity (Wildman–Crippen MR) is 35.1 cm³/mol. The molecule has 0 saturated carbocycles. The summed E-state index contributed by atoms with van der Waals surface area (Å²) >= 11 is 0. The molecule has 0 aromatic carbocycles. The van der Waals surface area contributed by atoms with Crippen LogP contribution in [0.25, 0.3) is 0 Å². The fraction of sp³-hybridized carbons (Fsp3) is 0.800. The molecule has 0 saturated heterocycles. The van der Waals surface area contributed by atoms with E-state index in [1.165, 1.54) is 7.05 Å². The van der Waals surface area contributed by atoms with Crippen LogP contribution in [0.5, 0.6) is 0 Å². The van der Waals surface area contributed by atoms with E-state index in [0.717, 1.165) is 0 Å². The van der Waals surface area contributed by atoms with E-state index in [2.05, 4.69) is 10.2 Å². The van der Waals surface area contributed by atoms with Crippen LogP contribution >= 0.6 is 0 Å². The Bertz CT molecular complexity index is 121. The standard InChI is InChI=1S/C5H11N3O/c1-4(6)5(3-9)8-7-2/h5-6,9H,3H2,1-2H3. The predicted octanol–water partition coefficient (Wildman–Crippen LogP) is 0.469. The number of nitrogens with zero attached hydrogens (tertiary/aromatic N) is 2. The Kier molecular flexibility index (Phi) is 3.79. The Morgan fingerprint density at radius 2 is 2.33 bits per heavy atom. The molecule has 1 unspecified atom stereocenters. The van der Waals surface area contributed by atoms with Crippen molar-refractivity contribution in [2.75, 3.05) is 13.7 Å². The van der Waals surface area contributed by atoms with Crippen LogP contribution in [-0.2, 0) is 0 Å². The summed E-state index contributed by atoms with van der Waals surface area (Å²) in [7, 11) is 1.52. The molecular formula is C5H11N3O. The zero-order valence-electron chi connectivity index (χ0n) is 5.63. The summed E-state index contributed by atoms with van der Waals surface area (Å²) in [5, 5.41) is 22.6. The van der Waals surface area contributed by atoms with Crippen LogP contribution in [0.4, 0.5) is 0 Å². The highest BCUT2D eigenvalue weighted by atomic mass is 16.3. The van der Waals surface area contributed by atoms with Gasteiger partial charge in [0, 0.05) is 12.8 Å². The highest BCUT2D eigenvalue weighted by Gasteiger charge is 2.05. The first kappa shape index (κ1) is 8.23. The average molecular weight is 129 g/mol. The summed E-state index contributed by atoms with van der Waals surface area (Å²) in [5.74, 6) is 0. The van der Waals surface area contributed by atoms with Crippen molar-refractivity contribution in [3.63, 3.8) is 0 Å². The van der Waals surface area contributed by atoms with Crippen LogP contribution < -0.4 is 0 Å². The van der Waals surface area contributed by atoms with Crippen molar-refractivity contribution in [3.05, 3.63) is 0 Å². The Hall–Kier alpha value is -0.770. The lowest BCUT2D eigenvalue weighted by Gasteiger charge is -2.02. The van der Waals surface area contributed by atoms with Crippen LogP contribution in [-0.4, -0.2) is 30.5 Å². The molecule has 0 amide bonds. The van der Waals surface area contributed by atoms with Gasteiger partial charge in [-0.25, -0.2) is 0 Å². The van der Waals surface area contributed by atoms with Gasteiger partial charge in [-0.1, -0.05) is 0 Å². The third-order valence-corrected chi connectivity index (χ3v) is 0.928. The minimum Gasteiger partial charge on any atom is -0.394 e. The minimum atomic E-state index is -0.435. The third-order valence-electron chi connectivity index (χ3n) is 0.928. The molecule has 0 heterocycles. The topological polar surface area (TPSA) is 68.8 Å². The van der Waals surface area contributed by atoms with Crippen LogP contribution in [0.2, 0.25) is 0 Å². The molecule has 0 aromatic rings. The second kappa shape index (κ2) is 4.14. The van der Waals surface area contributed by atoms with Gasteiger partial charge in [-0.2, -0.15) is 10.2 Å². The molecule has 0 spiro atoms. The van der Waals surface area contributed by atoms with Crippen molar-refractivity contribution >= 4 is 5.71 Å². The second-order valence-electron chi connectivity index (χ2n) is 1.70. The molecule has 0 aromatic heterocycles. The van der Waals surface area contributed by atoms with Crippen molar-refractivity contribution in [3.8, 4) is 0 Å². The van der Waals surface area contributed by atoms with Crippen LogP contribution in [0.15, 0.2) is 10.2 Å². The van der Waals surface area contributed by atoms with Crippen molar-refractivity contribution in [2.24, 2.45) is 10.2 Å². The largest absolute Gasteiger partial charge is 0.394 e. The van der Waals surface area contributed by atoms with Crippen molar-refractivity contribution in [1.82, 2.24) is 0 Å². The van der Waals surface area contributed by atoms with Gasteiger partial charge < -0.3 is 10.5 Å². The Balaban J connectivity index is 3.83. The van der Waals surface area contributed by atoms with Crippen LogP contribution in [0, 0.1) is 5.41 Å². The lowest BCUT2D eigenvalue weighted by molar-refractivity contribution is 0.287. The fourth-order valence-corrected chi connectivity index (χ4v) is 0.399. The smallest absolute Gasteiger partial charge is 0.131 e. The summed E-state index contributed by atoms with van der Waals surface area (Å²) in [6.07, 6.45) is 0. The summed E-state index contributed by atoms with van der Waals surface area (Å²) in [5.41, 5.74) is 0.336. The van der Waals surface area contributed by atoms with Crippen LogP contribution in [0.3, 0.4) is 0 Å². The number of azo groups is 1. The van der Waals surface area contributed by atoms with Crippen molar-refractivity contribution < 1.29 is 5.11 Å². The first-order valence-corrected chi connectivity index (χ1v) is 2.67. The second-order valence-corrected chi connectivity index (χ2v) is 1.70. The van der Waals surface area contributed by atoms with Crippen LogP contribution in [0.1, 0.15) is 6.92 Å². The molecule has 0 aliphatic rings. The summed E-state index contributed by atoms with van der Waals surface area (Å²) < 4.78 is 0. The van der Waals surface area contributed by atoms with Gasteiger partial charge in [0.05, 0.1) is 6.61 Å². The van der Waals surface area contributed by atoms with E-state index in [4.69, 9.17) is 10.5 Å². The molecule has 52 valence electrons. The number of rotatable bonds is 3. The number of hydrogen-bond acceptors (Lipinski definition) is 4. The molecule has 9 heavy (non-hydrogen) atoms. The molecular weight excluding hydrogens is 118 g/mol. The SMILES string of the molecule is CN=NC(CO)C(C)=N. The Labute approximate surface area is 54.1 Å². The van der Waals surface area contributed by atoms with E-state index < -0.39 is 6.04 Å². The number of hydrogen-bond donors (Lipinski definition) is 2. The van der Waals surface area contributed by atoms with Gasteiger partial charge in [0.25, 0.3) is 0 Å². The lowest BCUT2D eigenvalue weighted by Crippen LogP contribution is -2.18. The zero-order valence-corrected chi connectivity index (χ0v) is 5.63. The van der Waals surface area contributed by atoms with Gasteiger partial charge in [-0.05, 0) is 6.92 Å². The zero-order chi connectivity index (χ0) is 7.28. The van der Waals surface area contributed by atoms with E-state index >= 15 is 0 Å². The van der Waals surface area contributed by atoms with Gasteiger partial charge in [-0.3, -0.25) is 0 Å². The monoisotopic (exact) mass is 129 g/mol. The maximum Gasteiger partial charge on any atom is 0.131 e. The highest BCUT2D eigenvalue weighted by molar-refractivity contribution is 5.84. The molecule has 0 rings (SSSR count). The molecule has 0 bridgehead atoms. The van der Waals surface area contributed by atoms with E-state index in [9.17, 15) is 0 Å².